The molecule has 2 saturated carbocycles. The van der Waals surface area contributed by atoms with Gasteiger partial charge in [-0.05, 0) is 50.0 Å². The molecular formula is C15H23N3. The molecule has 0 saturated heterocycles. The van der Waals surface area contributed by atoms with Crippen molar-refractivity contribution in [3.05, 3.63) is 18.3 Å². The zero-order chi connectivity index (χ0) is 12.4. The highest BCUT2D eigenvalue weighted by molar-refractivity contribution is 5.52. The summed E-state index contributed by atoms with van der Waals surface area (Å²) in [5, 5.41) is 7.09. The van der Waals surface area contributed by atoms with E-state index < -0.39 is 0 Å². The molecule has 2 fully saturated rings. The molecule has 0 unspecified atom stereocenters. The third-order valence-electron chi connectivity index (χ3n) is 3.91. The molecule has 0 aliphatic heterocycles. The van der Waals surface area contributed by atoms with Gasteiger partial charge in [0.2, 0.25) is 0 Å². The molecule has 3 nitrogen and oxygen atoms in total. The van der Waals surface area contributed by atoms with Crippen molar-refractivity contribution >= 4 is 11.5 Å². The average molecular weight is 245 g/mol. The molecule has 0 radical (unpaired) electrons. The summed E-state index contributed by atoms with van der Waals surface area (Å²) in [6, 6.07) is 4.95. The van der Waals surface area contributed by atoms with Gasteiger partial charge in [0.25, 0.3) is 0 Å². The van der Waals surface area contributed by atoms with Gasteiger partial charge in [0.1, 0.15) is 5.82 Å². The van der Waals surface area contributed by atoms with E-state index in [4.69, 9.17) is 0 Å². The number of hydrogen-bond donors (Lipinski definition) is 2. The summed E-state index contributed by atoms with van der Waals surface area (Å²) >= 11 is 0. The standard InChI is InChI=1S/C15H23N3/c1-2-8-16-14-10-13(7-9-17-14)18-15(11-3-4-11)12-5-6-12/h7,9-12,15H,2-6,8H2,1H3,(H2,16,17,18). The van der Waals surface area contributed by atoms with Gasteiger partial charge in [-0.15, -0.1) is 0 Å². The quantitative estimate of drug-likeness (QED) is 0.772. The highest BCUT2D eigenvalue weighted by atomic mass is 15.0. The maximum absolute atomic E-state index is 4.35. The zero-order valence-corrected chi connectivity index (χ0v) is 11.2. The Hall–Kier alpha value is -1.25. The smallest absolute Gasteiger partial charge is 0.127 e. The van der Waals surface area contributed by atoms with Crippen molar-refractivity contribution in [1.82, 2.24) is 4.98 Å². The van der Waals surface area contributed by atoms with Gasteiger partial charge in [-0.2, -0.15) is 0 Å². The molecule has 2 N–H and O–H groups in total. The molecule has 0 atom stereocenters. The van der Waals surface area contributed by atoms with Gasteiger partial charge in [0, 0.05) is 30.5 Å². The van der Waals surface area contributed by atoms with E-state index in [1.807, 2.05) is 6.20 Å². The van der Waals surface area contributed by atoms with Gasteiger partial charge in [0.15, 0.2) is 0 Å². The fourth-order valence-electron chi connectivity index (χ4n) is 2.59. The van der Waals surface area contributed by atoms with E-state index in [0.29, 0.717) is 6.04 Å². The van der Waals surface area contributed by atoms with Crippen LogP contribution in [-0.2, 0) is 0 Å². The number of hydrogen-bond acceptors (Lipinski definition) is 3. The van der Waals surface area contributed by atoms with Crippen LogP contribution in [0.2, 0.25) is 0 Å². The average Bonchev–Trinajstić information content (AvgIpc) is 3.28. The van der Waals surface area contributed by atoms with Crippen LogP contribution < -0.4 is 10.6 Å². The Kier molecular flexibility index (Phi) is 3.39. The van der Waals surface area contributed by atoms with E-state index in [1.54, 1.807) is 0 Å². The summed E-state index contributed by atoms with van der Waals surface area (Å²) in [7, 11) is 0. The van der Waals surface area contributed by atoms with Crippen molar-refractivity contribution in [2.24, 2.45) is 11.8 Å². The van der Waals surface area contributed by atoms with Gasteiger partial charge in [-0.3, -0.25) is 0 Å². The second kappa shape index (κ2) is 5.17. The Morgan fingerprint density at radius 3 is 2.61 bits per heavy atom. The zero-order valence-electron chi connectivity index (χ0n) is 11.2. The van der Waals surface area contributed by atoms with E-state index >= 15 is 0 Å². The van der Waals surface area contributed by atoms with Gasteiger partial charge >= 0.3 is 0 Å². The summed E-state index contributed by atoms with van der Waals surface area (Å²) in [6.07, 6.45) is 8.70. The fraction of sp³-hybridized carbons (Fsp3) is 0.667. The Balaban J connectivity index is 1.63. The molecule has 98 valence electrons. The first-order chi connectivity index (χ1) is 8.86. The largest absolute Gasteiger partial charge is 0.382 e. The lowest BCUT2D eigenvalue weighted by Crippen LogP contribution is -2.24. The minimum Gasteiger partial charge on any atom is -0.382 e. The maximum atomic E-state index is 4.35. The molecule has 1 aromatic heterocycles. The van der Waals surface area contributed by atoms with Crippen LogP contribution in [0.25, 0.3) is 0 Å². The van der Waals surface area contributed by atoms with Crippen LogP contribution in [0.3, 0.4) is 0 Å². The molecular weight excluding hydrogens is 222 g/mol. The van der Waals surface area contributed by atoms with Gasteiger partial charge in [0.05, 0.1) is 0 Å². The molecule has 1 aromatic rings. The van der Waals surface area contributed by atoms with Crippen LogP contribution in [0.15, 0.2) is 18.3 Å². The Morgan fingerprint density at radius 1 is 1.28 bits per heavy atom. The van der Waals surface area contributed by atoms with Crippen molar-refractivity contribution in [3.63, 3.8) is 0 Å². The van der Waals surface area contributed by atoms with E-state index in [2.05, 4.69) is 34.7 Å². The highest BCUT2D eigenvalue weighted by Gasteiger charge is 2.41. The van der Waals surface area contributed by atoms with Crippen LogP contribution in [0.5, 0.6) is 0 Å². The van der Waals surface area contributed by atoms with Gasteiger partial charge < -0.3 is 10.6 Å². The minimum absolute atomic E-state index is 0.714. The summed E-state index contributed by atoms with van der Waals surface area (Å²) in [5.41, 5.74) is 1.23. The highest BCUT2D eigenvalue weighted by Crippen LogP contribution is 2.45. The third kappa shape index (κ3) is 2.95. The SMILES string of the molecule is CCCNc1cc(NC(C2CC2)C2CC2)ccn1. The first kappa shape index (κ1) is 11.8. The monoisotopic (exact) mass is 245 g/mol. The number of pyridine rings is 1. The summed E-state index contributed by atoms with van der Waals surface area (Å²) < 4.78 is 0. The number of nitrogens with one attached hydrogen (secondary N) is 2. The Bertz CT molecular complexity index is 384. The number of anilines is 2. The summed E-state index contributed by atoms with van der Waals surface area (Å²) in [6.45, 7) is 3.16. The Morgan fingerprint density at radius 2 is 2.00 bits per heavy atom. The molecule has 3 rings (SSSR count). The van der Waals surface area contributed by atoms with Crippen LogP contribution in [-0.4, -0.2) is 17.6 Å². The van der Waals surface area contributed by atoms with Crippen molar-refractivity contribution < 1.29 is 0 Å². The number of aromatic nitrogens is 1. The normalized spacial score (nSPS) is 19.0. The molecule has 0 aromatic carbocycles. The fourth-order valence-corrected chi connectivity index (χ4v) is 2.59. The van der Waals surface area contributed by atoms with Crippen molar-refractivity contribution in [2.75, 3.05) is 17.2 Å². The topological polar surface area (TPSA) is 37.0 Å². The molecule has 0 amide bonds. The first-order valence-electron chi connectivity index (χ1n) is 7.33. The van der Waals surface area contributed by atoms with Crippen LogP contribution in [0.4, 0.5) is 11.5 Å². The lowest BCUT2D eigenvalue weighted by Gasteiger charge is -2.19. The molecule has 2 aliphatic rings. The van der Waals surface area contributed by atoms with E-state index in [1.165, 1.54) is 31.4 Å². The predicted molar refractivity (Wildman–Crippen MR) is 75.9 cm³/mol. The number of nitrogens with zero attached hydrogens (tertiary/aromatic N) is 1. The molecule has 18 heavy (non-hydrogen) atoms. The van der Waals surface area contributed by atoms with Crippen LogP contribution >= 0.6 is 0 Å². The van der Waals surface area contributed by atoms with Crippen molar-refractivity contribution in [3.8, 4) is 0 Å². The van der Waals surface area contributed by atoms with E-state index in [-0.39, 0.29) is 0 Å². The third-order valence-corrected chi connectivity index (χ3v) is 3.91. The van der Waals surface area contributed by atoms with E-state index in [9.17, 15) is 0 Å². The molecule has 0 bridgehead atoms. The second-order valence-corrected chi connectivity index (χ2v) is 5.70. The van der Waals surface area contributed by atoms with Crippen LogP contribution in [0, 0.1) is 11.8 Å². The molecule has 3 heteroatoms. The van der Waals surface area contributed by atoms with E-state index in [0.717, 1.165) is 30.6 Å². The molecule has 2 aliphatic carbocycles. The van der Waals surface area contributed by atoms with Crippen LogP contribution in [0.1, 0.15) is 39.0 Å². The van der Waals surface area contributed by atoms with Crippen molar-refractivity contribution in [1.29, 1.82) is 0 Å². The van der Waals surface area contributed by atoms with Gasteiger partial charge in [-0.25, -0.2) is 4.98 Å². The Labute approximate surface area is 109 Å². The lowest BCUT2D eigenvalue weighted by atomic mass is 10.1. The minimum atomic E-state index is 0.714. The maximum Gasteiger partial charge on any atom is 0.127 e. The van der Waals surface area contributed by atoms with Gasteiger partial charge in [-0.1, -0.05) is 6.92 Å². The lowest BCUT2D eigenvalue weighted by molar-refractivity contribution is 0.568. The summed E-state index contributed by atoms with van der Waals surface area (Å²) in [5.74, 6) is 2.85. The molecule has 1 heterocycles. The second-order valence-electron chi connectivity index (χ2n) is 5.70. The van der Waals surface area contributed by atoms with Crippen molar-refractivity contribution in [2.45, 2.75) is 45.1 Å². The molecule has 0 spiro atoms. The number of rotatable bonds is 7. The predicted octanol–water partition coefficient (Wildman–Crippen LogP) is 3.50. The summed E-state index contributed by atoms with van der Waals surface area (Å²) in [4.78, 5) is 4.35. The first-order valence-corrected chi connectivity index (χ1v) is 7.33.